The Balaban J connectivity index is 0.000000233. The molecule has 0 spiro atoms. The van der Waals surface area contributed by atoms with E-state index in [4.69, 9.17) is 13.9 Å². The molecule has 2 aliphatic heterocycles. The molecule has 3 N–H and O–H groups in total. The first-order valence-electron chi connectivity index (χ1n) is 11.7. The average molecular weight is 438 g/mol. The van der Waals surface area contributed by atoms with Crippen molar-refractivity contribution in [3.63, 3.8) is 0 Å². The lowest BCUT2D eigenvalue weighted by Gasteiger charge is -2.19. The summed E-state index contributed by atoms with van der Waals surface area (Å²) >= 11 is 0. The molecule has 1 atom stereocenters. The van der Waals surface area contributed by atoms with Crippen LogP contribution in [-0.4, -0.2) is 57.1 Å². The Hall–Kier alpha value is -1.18. The number of nitrogens with one attached hydrogen (secondary N) is 3. The van der Waals surface area contributed by atoms with E-state index in [2.05, 4.69) is 70.5 Å². The Morgan fingerprint density at radius 3 is 2.26 bits per heavy atom. The largest absolute Gasteiger partial charge is 0.472 e. The van der Waals surface area contributed by atoms with Crippen LogP contribution in [0.25, 0.3) is 0 Å². The first kappa shape index (κ1) is 27.9. The third kappa shape index (κ3) is 16.2. The predicted molar refractivity (Wildman–Crippen MR) is 129 cm³/mol. The summed E-state index contributed by atoms with van der Waals surface area (Å²) in [6.07, 6.45) is 6.84. The van der Waals surface area contributed by atoms with Crippen molar-refractivity contribution in [3.05, 3.63) is 35.8 Å². The number of furan rings is 1. The van der Waals surface area contributed by atoms with Crippen LogP contribution in [0, 0.1) is 5.92 Å². The van der Waals surface area contributed by atoms with Gasteiger partial charge >= 0.3 is 0 Å². The molecule has 0 amide bonds. The van der Waals surface area contributed by atoms with Crippen molar-refractivity contribution in [1.82, 2.24) is 16.0 Å². The molecule has 3 heterocycles. The average Bonchev–Trinajstić information content (AvgIpc) is 3.47. The number of hydrogen-bond donors (Lipinski definition) is 3. The Labute approximate surface area is 190 Å². The van der Waals surface area contributed by atoms with E-state index in [1.165, 1.54) is 17.6 Å². The van der Waals surface area contributed by atoms with Gasteiger partial charge in [0.1, 0.15) is 0 Å². The lowest BCUT2D eigenvalue weighted by atomic mass is 10.1. The van der Waals surface area contributed by atoms with E-state index in [0.717, 1.165) is 52.0 Å². The first-order chi connectivity index (χ1) is 14.7. The lowest BCUT2D eigenvalue weighted by Crippen LogP contribution is -2.34. The molecule has 6 heteroatoms. The molecule has 3 rings (SSSR count). The SMILES string of the molecule is CC(C)(C)NCc1ccoc1.CC(C)NCC1=CCOC1.CC(C)NCC1CCOC1. The molecule has 1 unspecified atom stereocenters. The predicted octanol–water partition coefficient (Wildman–Crippen LogP) is 4.13. The van der Waals surface area contributed by atoms with Gasteiger partial charge in [0.25, 0.3) is 0 Å². The van der Waals surface area contributed by atoms with Gasteiger partial charge in [-0.1, -0.05) is 33.8 Å². The van der Waals surface area contributed by atoms with Crippen molar-refractivity contribution in [2.24, 2.45) is 5.92 Å². The van der Waals surface area contributed by atoms with Crippen molar-refractivity contribution in [2.75, 3.05) is 39.5 Å². The van der Waals surface area contributed by atoms with Gasteiger partial charge < -0.3 is 29.8 Å². The maximum absolute atomic E-state index is 5.25. The zero-order chi connectivity index (χ0) is 23.1. The maximum atomic E-state index is 5.25. The molecule has 0 radical (unpaired) electrons. The van der Waals surface area contributed by atoms with Crippen LogP contribution in [0.15, 0.2) is 34.7 Å². The zero-order valence-corrected chi connectivity index (χ0v) is 20.9. The molecule has 6 nitrogen and oxygen atoms in total. The Kier molecular flexibility index (Phi) is 14.0. The van der Waals surface area contributed by atoms with Crippen LogP contribution in [0.1, 0.15) is 60.5 Å². The summed E-state index contributed by atoms with van der Waals surface area (Å²) in [5.41, 5.74) is 2.76. The van der Waals surface area contributed by atoms with E-state index in [1.807, 2.05) is 6.07 Å². The minimum absolute atomic E-state index is 0.178. The van der Waals surface area contributed by atoms with Crippen LogP contribution >= 0.6 is 0 Å². The Morgan fingerprint density at radius 1 is 1.03 bits per heavy atom. The second-order valence-electron chi connectivity index (χ2n) is 9.94. The summed E-state index contributed by atoms with van der Waals surface area (Å²) in [6.45, 7) is 21.6. The summed E-state index contributed by atoms with van der Waals surface area (Å²) in [4.78, 5) is 0. The highest BCUT2D eigenvalue weighted by Gasteiger charge is 2.14. The number of ether oxygens (including phenoxy) is 2. The second-order valence-corrected chi connectivity index (χ2v) is 9.94. The molecule has 1 aromatic heterocycles. The van der Waals surface area contributed by atoms with E-state index in [-0.39, 0.29) is 5.54 Å². The highest BCUT2D eigenvalue weighted by atomic mass is 16.5. The van der Waals surface area contributed by atoms with Gasteiger partial charge in [-0.05, 0) is 44.7 Å². The fraction of sp³-hybridized carbons (Fsp3) is 0.760. The van der Waals surface area contributed by atoms with Gasteiger partial charge in [-0.3, -0.25) is 0 Å². The van der Waals surface area contributed by atoms with Crippen molar-refractivity contribution in [1.29, 1.82) is 0 Å². The Morgan fingerprint density at radius 2 is 1.77 bits per heavy atom. The van der Waals surface area contributed by atoms with Crippen molar-refractivity contribution < 1.29 is 13.9 Å². The van der Waals surface area contributed by atoms with Gasteiger partial charge in [0, 0.05) is 49.4 Å². The highest BCUT2D eigenvalue weighted by Crippen LogP contribution is 2.10. The van der Waals surface area contributed by atoms with Crippen LogP contribution in [0.2, 0.25) is 0 Å². The van der Waals surface area contributed by atoms with Crippen LogP contribution in [0.5, 0.6) is 0 Å². The molecule has 31 heavy (non-hydrogen) atoms. The third-order valence-corrected chi connectivity index (χ3v) is 4.76. The van der Waals surface area contributed by atoms with Gasteiger partial charge in [-0.25, -0.2) is 0 Å². The molecule has 1 saturated heterocycles. The minimum Gasteiger partial charge on any atom is -0.472 e. The Bertz CT molecular complexity index is 571. The molecule has 2 aliphatic rings. The fourth-order valence-corrected chi connectivity index (χ4v) is 2.79. The summed E-state index contributed by atoms with van der Waals surface area (Å²) in [5.74, 6) is 0.766. The molecular weight excluding hydrogens is 390 g/mol. The van der Waals surface area contributed by atoms with E-state index in [1.54, 1.807) is 12.5 Å². The van der Waals surface area contributed by atoms with Crippen LogP contribution < -0.4 is 16.0 Å². The number of hydrogen-bond acceptors (Lipinski definition) is 6. The quantitative estimate of drug-likeness (QED) is 0.532. The van der Waals surface area contributed by atoms with Crippen molar-refractivity contribution >= 4 is 0 Å². The molecule has 0 aliphatic carbocycles. The molecular formula is C25H47N3O3. The van der Waals surface area contributed by atoms with E-state index in [0.29, 0.717) is 12.1 Å². The van der Waals surface area contributed by atoms with Gasteiger partial charge in [0.05, 0.1) is 32.3 Å². The molecule has 0 aromatic carbocycles. The molecule has 1 aromatic rings. The summed E-state index contributed by atoms with van der Waals surface area (Å²) < 4.78 is 15.3. The molecule has 1 fully saturated rings. The smallest absolute Gasteiger partial charge is 0.0947 e. The monoisotopic (exact) mass is 437 g/mol. The lowest BCUT2D eigenvalue weighted by molar-refractivity contribution is 0.185. The van der Waals surface area contributed by atoms with E-state index < -0.39 is 0 Å². The topological polar surface area (TPSA) is 67.7 Å². The maximum Gasteiger partial charge on any atom is 0.0947 e. The van der Waals surface area contributed by atoms with Crippen molar-refractivity contribution in [2.45, 2.75) is 79.1 Å². The number of rotatable bonds is 8. The zero-order valence-electron chi connectivity index (χ0n) is 20.9. The standard InChI is InChI=1S/C9H15NO.C8H17NO.C8H15NO/c1-9(2,3)10-6-8-4-5-11-7-8;2*1-7(2)9-5-8-3-4-10-6-8/h4-5,7,10H,6H2,1-3H3;7-9H,3-6H2,1-2H3;3,7,9H,4-6H2,1-2H3. The van der Waals surface area contributed by atoms with Gasteiger partial charge in [-0.15, -0.1) is 0 Å². The molecule has 0 bridgehead atoms. The third-order valence-electron chi connectivity index (χ3n) is 4.76. The minimum atomic E-state index is 0.178. The van der Waals surface area contributed by atoms with Crippen LogP contribution in [-0.2, 0) is 16.0 Å². The molecule has 0 saturated carbocycles. The van der Waals surface area contributed by atoms with Gasteiger partial charge in [0.2, 0.25) is 0 Å². The summed E-state index contributed by atoms with van der Waals surface area (Å²) in [5, 5.41) is 10.1. The summed E-state index contributed by atoms with van der Waals surface area (Å²) in [7, 11) is 0. The fourth-order valence-electron chi connectivity index (χ4n) is 2.79. The van der Waals surface area contributed by atoms with Crippen molar-refractivity contribution in [3.8, 4) is 0 Å². The van der Waals surface area contributed by atoms with E-state index in [9.17, 15) is 0 Å². The van der Waals surface area contributed by atoms with Gasteiger partial charge in [-0.2, -0.15) is 0 Å². The van der Waals surface area contributed by atoms with Crippen LogP contribution in [0.3, 0.4) is 0 Å². The first-order valence-corrected chi connectivity index (χ1v) is 11.7. The van der Waals surface area contributed by atoms with Crippen LogP contribution in [0.4, 0.5) is 0 Å². The highest BCUT2D eigenvalue weighted by molar-refractivity contribution is 5.08. The summed E-state index contributed by atoms with van der Waals surface area (Å²) in [6, 6.07) is 3.15. The van der Waals surface area contributed by atoms with E-state index >= 15 is 0 Å². The van der Waals surface area contributed by atoms with Gasteiger partial charge in [0.15, 0.2) is 0 Å². The second kappa shape index (κ2) is 15.6. The molecule has 180 valence electrons. The normalized spacial score (nSPS) is 18.5.